The Kier molecular flexibility index (Phi) is 4.52. The van der Waals surface area contributed by atoms with Crippen LogP contribution in [0.4, 0.5) is 10.7 Å². The Balaban J connectivity index is 2.13. The minimum atomic E-state index is 0.715. The van der Waals surface area contributed by atoms with Crippen LogP contribution >= 0.6 is 11.5 Å². The summed E-state index contributed by atoms with van der Waals surface area (Å²) in [5, 5.41) is 4.81. The van der Waals surface area contributed by atoms with E-state index in [1.54, 1.807) is 0 Å². The molecule has 18 heavy (non-hydrogen) atoms. The molecule has 0 unspecified atom stereocenters. The summed E-state index contributed by atoms with van der Waals surface area (Å²) in [5.74, 6) is 0. The van der Waals surface area contributed by atoms with E-state index in [4.69, 9.17) is 5.73 Å². The predicted octanol–water partition coefficient (Wildman–Crippen LogP) is 2.93. The van der Waals surface area contributed by atoms with E-state index in [-0.39, 0.29) is 0 Å². The normalized spacial score (nSPS) is 10.5. The van der Waals surface area contributed by atoms with Gasteiger partial charge in [-0.1, -0.05) is 36.0 Å². The molecule has 96 valence electrons. The lowest BCUT2D eigenvalue weighted by atomic mass is 10.2. The van der Waals surface area contributed by atoms with Gasteiger partial charge in [-0.25, -0.2) is 0 Å². The molecule has 1 aromatic heterocycles. The molecule has 0 aliphatic heterocycles. The third-order valence-corrected chi connectivity index (χ3v) is 3.42. The number of aromatic nitrogens is 2. The number of nitrogen functional groups attached to an aromatic ring is 1. The van der Waals surface area contributed by atoms with Crippen molar-refractivity contribution in [1.29, 1.82) is 0 Å². The zero-order chi connectivity index (χ0) is 12.8. The number of nitrogens with zero attached hydrogens (tertiary/aromatic N) is 3. The third-order valence-electron chi connectivity index (χ3n) is 2.83. The van der Waals surface area contributed by atoms with Gasteiger partial charge in [0.2, 0.25) is 0 Å². The number of rotatable bonds is 6. The Morgan fingerprint density at radius 1 is 1.28 bits per heavy atom. The number of para-hydroxylation sites is 1. The fourth-order valence-electron chi connectivity index (χ4n) is 1.79. The molecule has 2 rings (SSSR count). The molecule has 1 heterocycles. The van der Waals surface area contributed by atoms with Crippen LogP contribution in [0.25, 0.3) is 0 Å². The smallest absolute Gasteiger partial charge is 0.132 e. The standard InChI is InChI=1S/C13H18N4S/c1-2-3-9-17(11-7-5-4-6-8-11)10-12-13(14)18-16-15-12/h4-8H,2-3,9-10,14H2,1H3. The first-order valence-electron chi connectivity index (χ1n) is 6.18. The van der Waals surface area contributed by atoms with Crippen molar-refractivity contribution < 1.29 is 0 Å². The van der Waals surface area contributed by atoms with E-state index in [0.29, 0.717) is 5.00 Å². The third kappa shape index (κ3) is 3.20. The number of hydrogen-bond acceptors (Lipinski definition) is 5. The van der Waals surface area contributed by atoms with Crippen molar-refractivity contribution in [3.63, 3.8) is 0 Å². The second-order valence-corrected chi connectivity index (χ2v) is 4.98. The molecule has 4 nitrogen and oxygen atoms in total. The second-order valence-electron chi connectivity index (χ2n) is 4.19. The molecule has 0 bridgehead atoms. The minimum absolute atomic E-state index is 0.715. The summed E-state index contributed by atoms with van der Waals surface area (Å²) >= 11 is 1.26. The van der Waals surface area contributed by atoms with Crippen molar-refractivity contribution in [1.82, 2.24) is 9.59 Å². The van der Waals surface area contributed by atoms with Crippen LogP contribution in [0.5, 0.6) is 0 Å². The highest BCUT2D eigenvalue weighted by molar-refractivity contribution is 7.09. The number of hydrogen-bond donors (Lipinski definition) is 1. The Labute approximate surface area is 112 Å². The second kappa shape index (κ2) is 6.35. The Morgan fingerprint density at radius 2 is 2.06 bits per heavy atom. The molecule has 5 heteroatoms. The van der Waals surface area contributed by atoms with Gasteiger partial charge in [0.05, 0.1) is 6.54 Å². The van der Waals surface area contributed by atoms with Crippen LogP contribution < -0.4 is 10.6 Å². The summed E-state index contributed by atoms with van der Waals surface area (Å²) in [7, 11) is 0. The van der Waals surface area contributed by atoms with E-state index in [1.807, 2.05) is 6.07 Å². The van der Waals surface area contributed by atoms with Crippen LogP contribution in [0.2, 0.25) is 0 Å². The van der Waals surface area contributed by atoms with Crippen molar-refractivity contribution in [2.24, 2.45) is 0 Å². The lowest BCUT2D eigenvalue weighted by Gasteiger charge is -2.23. The number of unbranched alkanes of at least 4 members (excludes halogenated alkanes) is 1. The van der Waals surface area contributed by atoms with Gasteiger partial charge in [0.1, 0.15) is 10.7 Å². The highest BCUT2D eigenvalue weighted by atomic mass is 32.1. The van der Waals surface area contributed by atoms with Crippen LogP contribution in [-0.2, 0) is 6.54 Å². The molecule has 0 fully saturated rings. The highest BCUT2D eigenvalue weighted by Crippen LogP contribution is 2.20. The summed E-state index contributed by atoms with van der Waals surface area (Å²) in [6, 6.07) is 10.4. The van der Waals surface area contributed by atoms with E-state index in [1.165, 1.54) is 23.6 Å². The molecule has 0 saturated carbocycles. The molecule has 0 spiro atoms. The van der Waals surface area contributed by atoms with E-state index in [2.05, 4.69) is 45.7 Å². The van der Waals surface area contributed by atoms with Gasteiger partial charge in [0.25, 0.3) is 0 Å². The highest BCUT2D eigenvalue weighted by Gasteiger charge is 2.11. The van der Waals surface area contributed by atoms with Crippen molar-refractivity contribution in [3.05, 3.63) is 36.0 Å². The van der Waals surface area contributed by atoms with Crippen LogP contribution in [0.15, 0.2) is 30.3 Å². The predicted molar refractivity (Wildman–Crippen MR) is 76.7 cm³/mol. The lowest BCUT2D eigenvalue weighted by molar-refractivity contribution is 0.707. The van der Waals surface area contributed by atoms with E-state index in [0.717, 1.165) is 25.2 Å². The average Bonchev–Trinajstić information content (AvgIpc) is 2.81. The van der Waals surface area contributed by atoms with Gasteiger partial charge in [-0.2, -0.15) is 0 Å². The summed E-state index contributed by atoms with van der Waals surface area (Å²) in [4.78, 5) is 2.30. The SMILES string of the molecule is CCCCN(Cc1nnsc1N)c1ccccc1. The summed E-state index contributed by atoms with van der Waals surface area (Å²) < 4.78 is 3.89. The maximum Gasteiger partial charge on any atom is 0.132 e. The molecule has 0 radical (unpaired) electrons. The molecule has 0 amide bonds. The van der Waals surface area contributed by atoms with Crippen molar-refractivity contribution in [2.75, 3.05) is 17.2 Å². The fourth-order valence-corrected chi connectivity index (χ4v) is 2.23. The molecule has 0 aliphatic rings. The lowest BCUT2D eigenvalue weighted by Crippen LogP contribution is -2.24. The van der Waals surface area contributed by atoms with Gasteiger partial charge in [0.15, 0.2) is 0 Å². The molecular weight excluding hydrogens is 244 g/mol. The quantitative estimate of drug-likeness (QED) is 0.869. The number of nitrogens with two attached hydrogens (primary N) is 1. The van der Waals surface area contributed by atoms with Gasteiger partial charge in [0, 0.05) is 23.8 Å². The van der Waals surface area contributed by atoms with E-state index >= 15 is 0 Å². The van der Waals surface area contributed by atoms with E-state index < -0.39 is 0 Å². The van der Waals surface area contributed by atoms with Crippen LogP contribution in [0.1, 0.15) is 25.5 Å². The molecule has 2 N–H and O–H groups in total. The van der Waals surface area contributed by atoms with Crippen molar-refractivity contribution in [2.45, 2.75) is 26.3 Å². The van der Waals surface area contributed by atoms with Gasteiger partial charge in [-0.15, -0.1) is 5.10 Å². The first-order chi connectivity index (χ1) is 8.81. The molecule has 1 aromatic carbocycles. The summed E-state index contributed by atoms with van der Waals surface area (Å²) in [6.45, 7) is 3.94. The van der Waals surface area contributed by atoms with Gasteiger partial charge < -0.3 is 10.6 Å². The first-order valence-corrected chi connectivity index (χ1v) is 6.95. The number of anilines is 2. The fraction of sp³-hybridized carbons (Fsp3) is 0.385. The number of benzene rings is 1. The van der Waals surface area contributed by atoms with Crippen molar-refractivity contribution >= 4 is 22.2 Å². The summed E-state index contributed by atoms with van der Waals surface area (Å²) in [6.07, 6.45) is 2.33. The monoisotopic (exact) mass is 262 g/mol. The van der Waals surface area contributed by atoms with E-state index in [9.17, 15) is 0 Å². The Bertz CT molecular complexity index is 469. The maximum absolute atomic E-state index is 5.86. The zero-order valence-electron chi connectivity index (χ0n) is 10.5. The zero-order valence-corrected chi connectivity index (χ0v) is 11.4. The minimum Gasteiger partial charge on any atom is -0.388 e. The van der Waals surface area contributed by atoms with Gasteiger partial charge in [-0.3, -0.25) is 0 Å². The molecule has 0 atom stereocenters. The topological polar surface area (TPSA) is 55.0 Å². The average molecular weight is 262 g/mol. The Hall–Kier alpha value is -1.62. The van der Waals surface area contributed by atoms with Crippen molar-refractivity contribution in [3.8, 4) is 0 Å². The molecule has 0 aliphatic carbocycles. The maximum atomic E-state index is 5.86. The molecular formula is C13H18N4S. The van der Waals surface area contributed by atoms with Crippen LogP contribution in [0, 0.1) is 0 Å². The van der Waals surface area contributed by atoms with Gasteiger partial charge in [-0.05, 0) is 18.6 Å². The van der Waals surface area contributed by atoms with Crippen LogP contribution in [-0.4, -0.2) is 16.1 Å². The Morgan fingerprint density at radius 3 is 2.67 bits per heavy atom. The molecule has 2 aromatic rings. The molecule has 0 saturated heterocycles. The summed E-state index contributed by atoms with van der Waals surface area (Å²) in [5.41, 5.74) is 7.94. The van der Waals surface area contributed by atoms with Crippen LogP contribution in [0.3, 0.4) is 0 Å². The first kappa shape index (κ1) is 12.8. The largest absolute Gasteiger partial charge is 0.388 e. The van der Waals surface area contributed by atoms with Gasteiger partial charge >= 0.3 is 0 Å².